The molecule has 0 aliphatic heterocycles. The maximum absolute atomic E-state index is 11.3. The Morgan fingerprint density at radius 1 is 1.42 bits per heavy atom. The third-order valence-electron chi connectivity index (χ3n) is 1.97. The van der Waals surface area contributed by atoms with E-state index < -0.39 is 11.7 Å². The predicted molar refractivity (Wildman–Crippen MR) is 77.2 cm³/mol. The van der Waals surface area contributed by atoms with E-state index in [4.69, 9.17) is 4.74 Å². The van der Waals surface area contributed by atoms with Crippen LogP contribution in [0.2, 0.25) is 0 Å². The fourth-order valence-electron chi connectivity index (χ4n) is 1.23. The molecule has 0 bridgehead atoms. The number of alkyl carbamates (subject to hydrolysis) is 1. The Bertz CT molecular complexity index is 397. The summed E-state index contributed by atoms with van der Waals surface area (Å²) in [4.78, 5) is 16.5. The van der Waals surface area contributed by atoms with Gasteiger partial charge in [-0.1, -0.05) is 12.2 Å². The van der Waals surface area contributed by atoms with Gasteiger partial charge in [-0.2, -0.15) is 0 Å². The summed E-state index contributed by atoms with van der Waals surface area (Å²) in [5.41, 5.74) is 1.36. The molecule has 0 radical (unpaired) electrons. The Balaban J connectivity index is 2.03. The van der Waals surface area contributed by atoms with Crippen LogP contribution in [0.15, 0.2) is 23.9 Å². The molecule has 1 heterocycles. The molecule has 1 aromatic heterocycles. The van der Waals surface area contributed by atoms with Crippen LogP contribution in [0.25, 0.3) is 0 Å². The Hall–Kier alpha value is -1.40. The molecule has 2 N–H and O–H groups in total. The second kappa shape index (κ2) is 7.91. The number of nitrogens with one attached hydrogen (secondary N) is 2. The summed E-state index contributed by atoms with van der Waals surface area (Å²) in [5.74, 6) is 0. The molecular formula is C13H21N3O2S. The summed E-state index contributed by atoms with van der Waals surface area (Å²) in [5, 5.41) is 5.91. The lowest BCUT2D eigenvalue weighted by atomic mass is 10.2. The topological polar surface area (TPSA) is 63.2 Å². The van der Waals surface area contributed by atoms with E-state index in [-0.39, 0.29) is 0 Å². The van der Waals surface area contributed by atoms with Crippen molar-refractivity contribution in [2.75, 3.05) is 13.1 Å². The smallest absolute Gasteiger partial charge is 0.407 e. The summed E-state index contributed by atoms with van der Waals surface area (Å²) >= 11 is 1.63. The maximum atomic E-state index is 11.3. The molecule has 0 unspecified atom stereocenters. The van der Waals surface area contributed by atoms with Gasteiger partial charge in [0, 0.05) is 30.7 Å². The maximum Gasteiger partial charge on any atom is 0.407 e. The lowest BCUT2D eigenvalue weighted by molar-refractivity contribution is 0.0534. The molecule has 1 amide bonds. The van der Waals surface area contributed by atoms with E-state index in [1.54, 1.807) is 11.3 Å². The van der Waals surface area contributed by atoms with Gasteiger partial charge in [-0.15, -0.1) is 11.3 Å². The van der Waals surface area contributed by atoms with E-state index in [1.165, 1.54) is 4.88 Å². The third-order valence-corrected chi connectivity index (χ3v) is 2.75. The van der Waals surface area contributed by atoms with Gasteiger partial charge in [-0.05, 0) is 20.8 Å². The second-order valence-corrected chi connectivity index (χ2v) is 5.92. The molecule has 0 saturated heterocycles. The zero-order valence-electron chi connectivity index (χ0n) is 11.6. The van der Waals surface area contributed by atoms with Gasteiger partial charge in [0.1, 0.15) is 5.60 Å². The molecule has 0 aromatic carbocycles. The van der Waals surface area contributed by atoms with Crippen molar-refractivity contribution in [3.05, 3.63) is 28.7 Å². The minimum atomic E-state index is -0.454. The number of carbonyl (C=O) groups is 1. The van der Waals surface area contributed by atoms with Crippen LogP contribution >= 0.6 is 11.3 Å². The lowest BCUT2D eigenvalue weighted by Crippen LogP contribution is -2.32. The number of rotatable bonds is 6. The van der Waals surface area contributed by atoms with E-state index >= 15 is 0 Å². The molecule has 1 aromatic rings. The fraction of sp³-hybridized carbons (Fsp3) is 0.538. The quantitative estimate of drug-likeness (QED) is 0.621. The minimum absolute atomic E-state index is 0.394. The highest BCUT2D eigenvalue weighted by Crippen LogP contribution is 2.06. The average molecular weight is 283 g/mol. The summed E-state index contributed by atoms with van der Waals surface area (Å²) in [7, 11) is 0. The minimum Gasteiger partial charge on any atom is -0.444 e. The van der Waals surface area contributed by atoms with Gasteiger partial charge < -0.3 is 15.4 Å². The summed E-state index contributed by atoms with van der Waals surface area (Å²) < 4.78 is 5.11. The zero-order chi connectivity index (χ0) is 14.1. The normalized spacial score (nSPS) is 11.7. The fourth-order valence-corrected chi connectivity index (χ4v) is 1.80. The molecule has 0 aliphatic carbocycles. The zero-order valence-corrected chi connectivity index (χ0v) is 12.4. The lowest BCUT2D eigenvalue weighted by Gasteiger charge is -2.19. The number of nitrogens with zero attached hydrogens (tertiary/aromatic N) is 1. The Kier molecular flexibility index (Phi) is 6.52. The van der Waals surface area contributed by atoms with Gasteiger partial charge in [0.15, 0.2) is 0 Å². The molecular weight excluding hydrogens is 262 g/mol. The largest absolute Gasteiger partial charge is 0.444 e. The number of hydrogen-bond donors (Lipinski definition) is 2. The number of carbonyl (C=O) groups excluding carboxylic acids is 1. The van der Waals surface area contributed by atoms with Crippen molar-refractivity contribution in [3.8, 4) is 0 Å². The van der Waals surface area contributed by atoms with Crippen LogP contribution in [0.4, 0.5) is 4.79 Å². The first kappa shape index (κ1) is 15.7. The van der Waals surface area contributed by atoms with Crippen LogP contribution in [-0.4, -0.2) is 29.8 Å². The highest BCUT2D eigenvalue weighted by molar-refractivity contribution is 7.09. The molecule has 5 nitrogen and oxygen atoms in total. The van der Waals surface area contributed by atoms with E-state index in [0.29, 0.717) is 6.54 Å². The van der Waals surface area contributed by atoms with Gasteiger partial charge in [0.25, 0.3) is 0 Å². The van der Waals surface area contributed by atoms with Crippen LogP contribution < -0.4 is 10.6 Å². The molecule has 0 aliphatic rings. The van der Waals surface area contributed by atoms with Gasteiger partial charge >= 0.3 is 6.09 Å². The predicted octanol–water partition coefficient (Wildman–Crippen LogP) is 2.31. The average Bonchev–Trinajstić information content (AvgIpc) is 2.78. The van der Waals surface area contributed by atoms with Crippen molar-refractivity contribution in [3.63, 3.8) is 0 Å². The molecule has 19 heavy (non-hydrogen) atoms. The van der Waals surface area contributed by atoms with Crippen molar-refractivity contribution >= 4 is 17.4 Å². The Labute approximate surface area is 118 Å². The van der Waals surface area contributed by atoms with E-state index in [0.717, 1.165) is 13.1 Å². The summed E-state index contributed by atoms with van der Waals surface area (Å²) in [6.07, 6.45) is 5.32. The molecule has 0 atom stereocenters. The van der Waals surface area contributed by atoms with E-state index in [2.05, 4.69) is 15.6 Å². The van der Waals surface area contributed by atoms with Crippen LogP contribution in [0, 0.1) is 0 Å². The van der Waals surface area contributed by atoms with Gasteiger partial charge in [-0.25, -0.2) is 4.79 Å². The molecule has 0 saturated carbocycles. The highest BCUT2D eigenvalue weighted by atomic mass is 32.1. The molecule has 0 fully saturated rings. The first-order valence-electron chi connectivity index (χ1n) is 6.17. The van der Waals surface area contributed by atoms with Crippen molar-refractivity contribution in [1.29, 1.82) is 0 Å². The SMILES string of the molecule is CC(C)(C)OC(=O)NC/C=C/CNCc1cncs1. The summed E-state index contributed by atoms with van der Waals surface area (Å²) in [6, 6.07) is 0. The number of hydrogen-bond acceptors (Lipinski definition) is 5. The monoisotopic (exact) mass is 283 g/mol. The first-order chi connectivity index (χ1) is 8.97. The number of aromatic nitrogens is 1. The van der Waals surface area contributed by atoms with Crippen LogP contribution in [0.5, 0.6) is 0 Å². The molecule has 6 heteroatoms. The van der Waals surface area contributed by atoms with Crippen LogP contribution in [0.1, 0.15) is 25.6 Å². The molecule has 106 valence electrons. The number of amides is 1. The van der Waals surface area contributed by atoms with Crippen LogP contribution in [0.3, 0.4) is 0 Å². The van der Waals surface area contributed by atoms with Crippen molar-refractivity contribution < 1.29 is 9.53 Å². The van der Waals surface area contributed by atoms with Crippen molar-refractivity contribution in [1.82, 2.24) is 15.6 Å². The molecule has 0 spiro atoms. The molecule has 1 rings (SSSR count). The van der Waals surface area contributed by atoms with Crippen molar-refractivity contribution in [2.45, 2.75) is 32.9 Å². The van der Waals surface area contributed by atoms with Crippen LogP contribution in [-0.2, 0) is 11.3 Å². The second-order valence-electron chi connectivity index (χ2n) is 4.95. The number of thiazole rings is 1. The van der Waals surface area contributed by atoms with Gasteiger partial charge in [0.2, 0.25) is 0 Å². The van der Waals surface area contributed by atoms with Gasteiger partial charge in [0.05, 0.1) is 5.51 Å². The number of ether oxygens (including phenoxy) is 1. The Morgan fingerprint density at radius 2 is 2.16 bits per heavy atom. The van der Waals surface area contributed by atoms with Crippen molar-refractivity contribution in [2.24, 2.45) is 0 Å². The summed E-state index contributed by atoms with van der Waals surface area (Å²) in [6.45, 7) is 7.56. The highest BCUT2D eigenvalue weighted by Gasteiger charge is 2.14. The van der Waals surface area contributed by atoms with E-state index in [9.17, 15) is 4.79 Å². The standard InChI is InChI=1S/C13H21N3O2S/c1-13(2,3)18-12(17)16-7-5-4-6-14-8-11-9-15-10-19-11/h4-5,9-10,14H,6-8H2,1-3H3,(H,16,17)/b5-4+. The Morgan fingerprint density at radius 3 is 2.79 bits per heavy atom. The van der Waals surface area contributed by atoms with E-state index in [1.807, 2.05) is 44.6 Å². The van der Waals surface area contributed by atoms with Gasteiger partial charge in [-0.3, -0.25) is 4.98 Å². The first-order valence-corrected chi connectivity index (χ1v) is 7.05. The third kappa shape index (κ3) is 8.34.